The minimum absolute atomic E-state index is 0.143. The Kier molecular flexibility index (Phi) is 4.44. The standard InChI is InChI=1S/C13H20N2O3S/c1-14-11-3-7-13(8-4-11)19(16,17)15(9-10-18-2)12-5-6-12/h3-4,7-8,12,14H,5-6,9-10H2,1-2H3. The van der Waals surface area contributed by atoms with Gasteiger partial charge in [0.25, 0.3) is 0 Å². The highest BCUT2D eigenvalue weighted by molar-refractivity contribution is 7.89. The van der Waals surface area contributed by atoms with Crippen LogP contribution in [0.4, 0.5) is 5.69 Å². The van der Waals surface area contributed by atoms with Gasteiger partial charge < -0.3 is 10.1 Å². The highest BCUT2D eigenvalue weighted by Gasteiger charge is 2.37. The zero-order valence-corrected chi connectivity index (χ0v) is 12.1. The van der Waals surface area contributed by atoms with Crippen molar-refractivity contribution in [2.45, 2.75) is 23.8 Å². The van der Waals surface area contributed by atoms with Crippen LogP contribution in [-0.2, 0) is 14.8 Å². The van der Waals surface area contributed by atoms with E-state index in [0.29, 0.717) is 18.0 Å². The molecule has 1 saturated carbocycles. The topological polar surface area (TPSA) is 58.6 Å². The molecule has 1 aromatic carbocycles. The van der Waals surface area contributed by atoms with Gasteiger partial charge in [0, 0.05) is 32.4 Å². The van der Waals surface area contributed by atoms with Crippen LogP contribution in [-0.4, -0.2) is 46.1 Å². The van der Waals surface area contributed by atoms with Crippen molar-refractivity contribution in [3.8, 4) is 0 Å². The van der Waals surface area contributed by atoms with E-state index in [9.17, 15) is 8.42 Å². The Morgan fingerprint density at radius 3 is 2.42 bits per heavy atom. The van der Waals surface area contributed by atoms with Crippen LogP contribution in [0.2, 0.25) is 0 Å². The number of nitrogens with one attached hydrogen (secondary N) is 1. The van der Waals surface area contributed by atoms with Crippen LogP contribution in [0.1, 0.15) is 12.8 Å². The van der Waals surface area contributed by atoms with Crippen molar-refractivity contribution >= 4 is 15.7 Å². The number of benzene rings is 1. The van der Waals surface area contributed by atoms with Gasteiger partial charge >= 0.3 is 0 Å². The van der Waals surface area contributed by atoms with E-state index < -0.39 is 10.0 Å². The Balaban J connectivity index is 2.22. The van der Waals surface area contributed by atoms with Crippen molar-refractivity contribution in [2.75, 3.05) is 32.6 Å². The van der Waals surface area contributed by atoms with E-state index >= 15 is 0 Å². The fourth-order valence-electron chi connectivity index (χ4n) is 1.97. The summed E-state index contributed by atoms with van der Waals surface area (Å²) in [6.45, 7) is 0.835. The van der Waals surface area contributed by atoms with Crippen molar-refractivity contribution in [3.05, 3.63) is 24.3 Å². The molecular formula is C13H20N2O3S. The maximum atomic E-state index is 12.6. The summed E-state index contributed by atoms with van der Waals surface area (Å²) in [6, 6.07) is 6.97. The van der Waals surface area contributed by atoms with Crippen molar-refractivity contribution in [3.63, 3.8) is 0 Å². The molecule has 6 heteroatoms. The number of nitrogens with zero attached hydrogens (tertiary/aromatic N) is 1. The molecule has 0 aliphatic heterocycles. The van der Waals surface area contributed by atoms with Crippen molar-refractivity contribution in [1.82, 2.24) is 4.31 Å². The molecule has 1 fully saturated rings. The smallest absolute Gasteiger partial charge is 0.243 e. The normalized spacial score (nSPS) is 15.7. The van der Waals surface area contributed by atoms with Gasteiger partial charge in [-0.15, -0.1) is 0 Å². The maximum absolute atomic E-state index is 12.6. The number of hydrogen-bond donors (Lipinski definition) is 1. The maximum Gasteiger partial charge on any atom is 0.243 e. The molecule has 5 nitrogen and oxygen atoms in total. The molecule has 0 amide bonds. The third-order valence-electron chi connectivity index (χ3n) is 3.22. The lowest BCUT2D eigenvalue weighted by atomic mass is 10.3. The van der Waals surface area contributed by atoms with E-state index in [1.54, 1.807) is 42.7 Å². The summed E-state index contributed by atoms with van der Waals surface area (Å²) in [5.74, 6) is 0. The van der Waals surface area contributed by atoms with Crippen LogP contribution >= 0.6 is 0 Å². The van der Waals surface area contributed by atoms with Gasteiger partial charge in [0.15, 0.2) is 0 Å². The highest BCUT2D eigenvalue weighted by atomic mass is 32.2. The lowest BCUT2D eigenvalue weighted by Gasteiger charge is -2.21. The molecule has 1 aromatic rings. The predicted molar refractivity (Wildman–Crippen MR) is 74.8 cm³/mol. The molecule has 1 aliphatic rings. The summed E-state index contributed by atoms with van der Waals surface area (Å²) in [5, 5.41) is 2.98. The second kappa shape index (κ2) is 5.90. The SMILES string of the molecule is CNc1ccc(S(=O)(=O)N(CCOC)C2CC2)cc1. The van der Waals surface area contributed by atoms with Gasteiger partial charge in [-0.05, 0) is 37.1 Å². The van der Waals surface area contributed by atoms with E-state index in [4.69, 9.17) is 4.74 Å². The molecule has 0 bridgehead atoms. The van der Waals surface area contributed by atoms with Gasteiger partial charge in [-0.3, -0.25) is 0 Å². The van der Waals surface area contributed by atoms with Crippen LogP contribution in [0.5, 0.6) is 0 Å². The summed E-state index contributed by atoms with van der Waals surface area (Å²) < 4.78 is 31.7. The summed E-state index contributed by atoms with van der Waals surface area (Å²) in [6.07, 6.45) is 1.88. The first kappa shape index (κ1) is 14.3. The van der Waals surface area contributed by atoms with Crippen LogP contribution in [0, 0.1) is 0 Å². The Labute approximate surface area is 114 Å². The molecule has 19 heavy (non-hydrogen) atoms. The highest BCUT2D eigenvalue weighted by Crippen LogP contribution is 2.32. The third kappa shape index (κ3) is 3.26. The first-order valence-electron chi connectivity index (χ1n) is 6.38. The van der Waals surface area contributed by atoms with Gasteiger partial charge in [0.2, 0.25) is 10.0 Å². The molecule has 0 spiro atoms. The van der Waals surface area contributed by atoms with Crippen LogP contribution < -0.4 is 5.32 Å². The van der Waals surface area contributed by atoms with Gasteiger partial charge in [0.1, 0.15) is 0 Å². The average Bonchev–Trinajstić information content (AvgIpc) is 3.23. The first-order chi connectivity index (χ1) is 9.09. The van der Waals surface area contributed by atoms with Crippen molar-refractivity contribution < 1.29 is 13.2 Å². The molecule has 0 unspecified atom stereocenters. The van der Waals surface area contributed by atoms with Crippen LogP contribution in [0.15, 0.2) is 29.2 Å². The minimum atomic E-state index is -3.41. The Morgan fingerprint density at radius 1 is 1.32 bits per heavy atom. The monoisotopic (exact) mass is 284 g/mol. The number of ether oxygens (including phenoxy) is 1. The number of anilines is 1. The van der Waals surface area contributed by atoms with Crippen LogP contribution in [0.3, 0.4) is 0 Å². The zero-order valence-electron chi connectivity index (χ0n) is 11.3. The van der Waals surface area contributed by atoms with E-state index in [1.165, 1.54) is 0 Å². The molecule has 0 heterocycles. The van der Waals surface area contributed by atoms with E-state index in [2.05, 4.69) is 5.32 Å². The zero-order chi connectivity index (χ0) is 13.9. The molecule has 0 saturated heterocycles. The van der Waals surface area contributed by atoms with Gasteiger partial charge in [-0.25, -0.2) is 8.42 Å². The van der Waals surface area contributed by atoms with Gasteiger partial charge in [0.05, 0.1) is 11.5 Å². The van der Waals surface area contributed by atoms with Crippen molar-refractivity contribution in [1.29, 1.82) is 0 Å². The Hall–Kier alpha value is -1.11. The average molecular weight is 284 g/mol. The fraction of sp³-hybridized carbons (Fsp3) is 0.538. The quantitative estimate of drug-likeness (QED) is 0.825. The molecule has 1 N–H and O–H groups in total. The second-order valence-corrected chi connectivity index (χ2v) is 6.50. The summed E-state index contributed by atoms with van der Waals surface area (Å²) >= 11 is 0. The summed E-state index contributed by atoms with van der Waals surface area (Å²) in [5.41, 5.74) is 0.897. The molecule has 0 aromatic heterocycles. The number of hydrogen-bond acceptors (Lipinski definition) is 4. The summed E-state index contributed by atoms with van der Waals surface area (Å²) in [4.78, 5) is 0.342. The van der Waals surface area contributed by atoms with Gasteiger partial charge in [-0.1, -0.05) is 0 Å². The molecule has 2 rings (SSSR count). The largest absolute Gasteiger partial charge is 0.388 e. The number of methoxy groups -OCH3 is 1. The molecule has 1 aliphatic carbocycles. The van der Waals surface area contributed by atoms with E-state index in [-0.39, 0.29) is 6.04 Å². The minimum Gasteiger partial charge on any atom is -0.388 e. The predicted octanol–water partition coefficient (Wildman–Crippen LogP) is 1.53. The molecule has 106 valence electrons. The number of rotatable bonds is 7. The van der Waals surface area contributed by atoms with E-state index in [1.807, 2.05) is 0 Å². The number of sulfonamides is 1. The van der Waals surface area contributed by atoms with Crippen molar-refractivity contribution in [2.24, 2.45) is 0 Å². The lowest BCUT2D eigenvalue weighted by molar-refractivity contribution is 0.177. The fourth-order valence-corrected chi connectivity index (χ4v) is 3.64. The third-order valence-corrected chi connectivity index (χ3v) is 5.19. The Bertz CT molecular complexity index is 509. The summed E-state index contributed by atoms with van der Waals surface area (Å²) in [7, 11) is -0.0226. The molecular weight excluding hydrogens is 264 g/mol. The molecule has 0 radical (unpaired) electrons. The second-order valence-electron chi connectivity index (χ2n) is 4.61. The first-order valence-corrected chi connectivity index (χ1v) is 7.82. The van der Waals surface area contributed by atoms with Gasteiger partial charge in [-0.2, -0.15) is 4.31 Å². The lowest BCUT2D eigenvalue weighted by Crippen LogP contribution is -2.35. The Morgan fingerprint density at radius 2 is 1.95 bits per heavy atom. The van der Waals surface area contributed by atoms with Crippen LogP contribution in [0.25, 0.3) is 0 Å². The van der Waals surface area contributed by atoms with E-state index in [0.717, 1.165) is 18.5 Å². The molecule has 0 atom stereocenters.